The minimum atomic E-state index is 0.296. The van der Waals surface area contributed by atoms with Crippen molar-refractivity contribution < 1.29 is 0 Å². The van der Waals surface area contributed by atoms with Crippen molar-refractivity contribution in [3.63, 3.8) is 0 Å². The van der Waals surface area contributed by atoms with Gasteiger partial charge in [0.05, 0.1) is 0 Å². The molecule has 0 radical (unpaired) electrons. The molecule has 0 aromatic carbocycles. The molecule has 2 saturated carbocycles. The highest BCUT2D eigenvalue weighted by molar-refractivity contribution is 5.07. The van der Waals surface area contributed by atoms with E-state index in [-0.39, 0.29) is 0 Å². The highest BCUT2D eigenvalue weighted by atomic mass is 15.3. The first-order valence-corrected chi connectivity index (χ1v) is 6.43. The highest BCUT2D eigenvalue weighted by Gasteiger charge is 2.54. The Labute approximate surface area is 96.2 Å². The molecule has 1 aromatic rings. The van der Waals surface area contributed by atoms with Crippen LogP contribution in [-0.4, -0.2) is 20.8 Å². The van der Waals surface area contributed by atoms with E-state index in [1.54, 1.807) is 6.33 Å². The van der Waals surface area contributed by atoms with Crippen LogP contribution in [0.3, 0.4) is 0 Å². The van der Waals surface area contributed by atoms with E-state index in [0.29, 0.717) is 6.04 Å². The Morgan fingerprint density at radius 2 is 2.25 bits per heavy atom. The smallest absolute Gasteiger partial charge is 0.138 e. The molecule has 2 aliphatic carbocycles. The first kappa shape index (κ1) is 10.3. The maximum atomic E-state index is 6.30. The number of nitrogens with zero attached hydrogens (tertiary/aromatic N) is 3. The van der Waals surface area contributed by atoms with Crippen LogP contribution >= 0.6 is 0 Å². The van der Waals surface area contributed by atoms with Gasteiger partial charge in [0.1, 0.15) is 12.2 Å². The molecule has 3 atom stereocenters. The van der Waals surface area contributed by atoms with E-state index in [0.717, 1.165) is 36.5 Å². The Bertz CT molecular complexity index is 363. The van der Waals surface area contributed by atoms with Crippen LogP contribution in [0.4, 0.5) is 0 Å². The predicted molar refractivity (Wildman–Crippen MR) is 61.7 cm³/mol. The van der Waals surface area contributed by atoms with Crippen molar-refractivity contribution in [2.24, 2.45) is 23.5 Å². The molecule has 0 bridgehead atoms. The van der Waals surface area contributed by atoms with Crippen LogP contribution in [0.5, 0.6) is 0 Å². The van der Waals surface area contributed by atoms with E-state index < -0.39 is 0 Å². The van der Waals surface area contributed by atoms with Gasteiger partial charge in [0, 0.05) is 19.0 Å². The van der Waals surface area contributed by atoms with Gasteiger partial charge in [0.2, 0.25) is 0 Å². The SMILES string of the molecule is CCn1ncnc1CC(N)C1C2CCCC21. The molecule has 2 N–H and O–H groups in total. The molecule has 1 aromatic heterocycles. The molecular formula is C12H20N4. The zero-order chi connectivity index (χ0) is 11.1. The monoisotopic (exact) mass is 220 g/mol. The molecule has 4 nitrogen and oxygen atoms in total. The number of fused-ring (bicyclic) bond motifs is 1. The molecular weight excluding hydrogens is 200 g/mol. The molecule has 0 amide bonds. The van der Waals surface area contributed by atoms with Gasteiger partial charge in [-0.2, -0.15) is 5.10 Å². The third kappa shape index (κ3) is 1.56. The lowest BCUT2D eigenvalue weighted by atomic mass is 10.0. The summed E-state index contributed by atoms with van der Waals surface area (Å²) in [4.78, 5) is 4.30. The summed E-state index contributed by atoms with van der Waals surface area (Å²) in [5.74, 6) is 3.71. The van der Waals surface area contributed by atoms with E-state index in [4.69, 9.17) is 5.73 Å². The molecule has 0 spiro atoms. The second kappa shape index (κ2) is 3.84. The number of hydrogen-bond donors (Lipinski definition) is 1. The summed E-state index contributed by atoms with van der Waals surface area (Å²) in [5, 5.41) is 4.19. The fraction of sp³-hybridized carbons (Fsp3) is 0.833. The van der Waals surface area contributed by atoms with Gasteiger partial charge < -0.3 is 5.73 Å². The lowest BCUT2D eigenvalue weighted by molar-refractivity contribution is 0.464. The first-order chi connectivity index (χ1) is 7.81. The molecule has 88 valence electrons. The Morgan fingerprint density at radius 3 is 2.94 bits per heavy atom. The van der Waals surface area contributed by atoms with Gasteiger partial charge in [-0.05, 0) is 37.5 Å². The summed E-state index contributed by atoms with van der Waals surface area (Å²) in [5.41, 5.74) is 6.30. The second-order valence-electron chi connectivity index (χ2n) is 5.20. The van der Waals surface area contributed by atoms with Crippen LogP contribution in [0.25, 0.3) is 0 Å². The lowest BCUT2D eigenvalue weighted by Gasteiger charge is -2.13. The molecule has 2 fully saturated rings. The molecule has 1 heterocycles. The maximum Gasteiger partial charge on any atom is 0.138 e. The average Bonchev–Trinajstić information content (AvgIpc) is 2.71. The van der Waals surface area contributed by atoms with Gasteiger partial charge in [-0.1, -0.05) is 6.42 Å². The number of nitrogens with two attached hydrogens (primary N) is 1. The van der Waals surface area contributed by atoms with Crippen LogP contribution in [0, 0.1) is 17.8 Å². The maximum absolute atomic E-state index is 6.30. The fourth-order valence-corrected chi connectivity index (χ4v) is 3.57. The van der Waals surface area contributed by atoms with Crippen LogP contribution < -0.4 is 5.73 Å². The minimum Gasteiger partial charge on any atom is -0.327 e. The number of rotatable bonds is 4. The third-order valence-corrected chi connectivity index (χ3v) is 4.38. The molecule has 16 heavy (non-hydrogen) atoms. The summed E-state index contributed by atoms with van der Waals surface area (Å²) < 4.78 is 1.96. The van der Waals surface area contributed by atoms with E-state index in [9.17, 15) is 0 Å². The quantitative estimate of drug-likeness (QED) is 0.830. The molecule has 3 unspecified atom stereocenters. The average molecular weight is 220 g/mol. The van der Waals surface area contributed by atoms with E-state index in [2.05, 4.69) is 17.0 Å². The van der Waals surface area contributed by atoms with Crippen molar-refractivity contribution in [3.05, 3.63) is 12.2 Å². The molecule has 0 aliphatic heterocycles. The predicted octanol–water partition coefficient (Wildman–Crippen LogP) is 1.21. The van der Waals surface area contributed by atoms with Gasteiger partial charge in [0.15, 0.2) is 0 Å². The topological polar surface area (TPSA) is 56.7 Å². The van der Waals surface area contributed by atoms with Gasteiger partial charge in [-0.15, -0.1) is 0 Å². The first-order valence-electron chi connectivity index (χ1n) is 6.43. The number of aryl methyl sites for hydroxylation is 1. The zero-order valence-electron chi connectivity index (χ0n) is 9.84. The second-order valence-corrected chi connectivity index (χ2v) is 5.20. The zero-order valence-corrected chi connectivity index (χ0v) is 9.84. The van der Waals surface area contributed by atoms with Gasteiger partial charge in [-0.25, -0.2) is 4.98 Å². The van der Waals surface area contributed by atoms with Crippen molar-refractivity contribution in [1.29, 1.82) is 0 Å². The van der Waals surface area contributed by atoms with E-state index in [1.165, 1.54) is 19.3 Å². The summed E-state index contributed by atoms with van der Waals surface area (Å²) in [7, 11) is 0. The van der Waals surface area contributed by atoms with Crippen LogP contribution in [-0.2, 0) is 13.0 Å². The molecule has 3 rings (SSSR count). The number of aromatic nitrogens is 3. The van der Waals surface area contributed by atoms with Gasteiger partial charge >= 0.3 is 0 Å². The third-order valence-electron chi connectivity index (χ3n) is 4.38. The summed E-state index contributed by atoms with van der Waals surface area (Å²) in [6.45, 7) is 2.98. The highest BCUT2D eigenvalue weighted by Crippen LogP contribution is 2.58. The summed E-state index contributed by atoms with van der Waals surface area (Å²) in [6.07, 6.45) is 6.77. The Balaban J connectivity index is 1.63. The van der Waals surface area contributed by atoms with E-state index in [1.807, 2.05) is 4.68 Å². The summed E-state index contributed by atoms with van der Waals surface area (Å²) >= 11 is 0. The number of hydrogen-bond acceptors (Lipinski definition) is 3. The largest absolute Gasteiger partial charge is 0.327 e. The Kier molecular flexibility index (Phi) is 2.46. The van der Waals surface area contributed by atoms with Crippen LogP contribution in [0.2, 0.25) is 0 Å². The molecule has 4 heteroatoms. The molecule has 2 aliphatic rings. The van der Waals surface area contributed by atoms with E-state index >= 15 is 0 Å². The van der Waals surface area contributed by atoms with Gasteiger partial charge in [-0.3, -0.25) is 4.68 Å². The van der Waals surface area contributed by atoms with Crippen molar-refractivity contribution in [2.75, 3.05) is 0 Å². The lowest BCUT2D eigenvalue weighted by Crippen LogP contribution is -2.29. The van der Waals surface area contributed by atoms with Crippen molar-refractivity contribution in [3.8, 4) is 0 Å². The Hall–Kier alpha value is -0.900. The normalized spacial score (nSPS) is 33.8. The molecule has 0 saturated heterocycles. The Morgan fingerprint density at radius 1 is 1.50 bits per heavy atom. The van der Waals surface area contributed by atoms with Crippen LogP contribution in [0.1, 0.15) is 32.0 Å². The minimum absolute atomic E-state index is 0.296. The van der Waals surface area contributed by atoms with Crippen LogP contribution in [0.15, 0.2) is 6.33 Å². The van der Waals surface area contributed by atoms with Crippen molar-refractivity contribution in [1.82, 2.24) is 14.8 Å². The van der Waals surface area contributed by atoms with Crippen molar-refractivity contribution >= 4 is 0 Å². The standard InChI is InChI=1S/C12H20N4/c1-2-16-11(14-7-15-16)6-10(13)12-8-4-3-5-9(8)12/h7-10,12H,2-6,13H2,1H3. The van der Waals surface area contributed by atoms with Crippen molar-refractivity contribution in [2.45, 2.75) is 45.2 Å². The summed E-state index contributed by atoms with van der Waals surface area (Å²) in [6, 6.07) is 0.296. The fourth-order valence-electron chi connectivity index (χ4n) is 3.57. The van der Waals surface area contributed by atoms with Gasteiger partial charge in [0.25, 0.3) is 0 Å².